The summed E-state index contributed by atoms with van der Waals surface area (Å²) in [5.74, 6) is -2.13. The fraction of sp³-hybridized carbons (Fsp3) is 0.0625. The molecule has 4 heteroatoms. The lowest BCUT2D eigenvalue weighted by Gasteiger charge is -2.05. The number of carbonyl (C=O) groups is 1. The Morgan fingerprint density at radius 1 is 1.15 bits per heavy atom. The molecule has 2 nitrogen and oxygen atoms in total. The average Bonchev–Trinajstić information content (AvgIpc) is 2.39. The van der Waals surface area contributed by atoms with E-state index in [0.717, 1.165) is 6.07 Å². The Balaban J connectivity index is 2.51. The molecule has 0 aliphatic heterocycles. The molecule has 0 aromatic heterocycles. The van der Waals surface area contributed by atoms with Crippen molar-refractivity contribution in [3.63, 3.8) is 0 Å². The molecule has 0 unspecified atom stereocenters. The van der Waals surface area contributed by atoms with Crippen LogP contribution in [0.3, 0.4) is 0 Å². The van der Waals surface area contributed by atoms with Crippen LogP contribution in [-0.4, -0.2) is 11.1 Å². The number of benzene rings is 2. The number of halogens is 2. The maximum absolute atomic E-state index is 13.5. The zero-order chi connectivity index (χ0) is 14.7. The summed E-state index contributed by atoms with van der Waals surface area (Å²) in [5, 5.41) is 9.23. The van der Waals surface area contributed by atoms with Gasteiger partial charge in [0.15, 0.2) is 0 Å². The first-order valence-corrected chi connectivity index (χ1v) is 5.94. The molecular formula is C16H12F2O2. The monoisotopic (exact) mass is 274 g/mol. The third-order valence-electron chi connectivity index (χ3n) is 2.87. The van der Waals surface area contributed by atoms with Crippen LogP contribution in [0, 0.1) is 18.6 Å². The van der Waals surface area contributed by atoms with Gasteiger partial charge in [0.25, 0.3) is 0 Å². The van der Waals surface area contributed by atoms with Crippen LogP contribution in [0.2, 0.25) is 0 Å². The van der Waals surface area contributed by atoms with Gasteiger partial charge in [-0.3, -0.25) is 0 Å². The largest absolute Gasteiger partial charge is 0.478 e. The van der Waals surface area contributed by atoms with E-state index in [4.69, 9.17) is 0 Å². The lowest BCUT2D eigenvalue weighted by Crippen LogP contribution is -2.00. The molecule has 2 aromatic rings. The van der Waals surface area contributed by atoms with Crippen LogP contribution in [-0.2, 0) is 4.79 Å². The summed E-state index contributed by atoms with van der Waals surface area (Å²) in [6.45, 7) is 1.59. The quantitative estimate of drug-likeness (QED) is 0.681. The highest BCUT2D eigenvalue weighted by Gasteiger charge is 2.12. The Bertz CT molecular complexity index is 691. The van der Waals surface area contributed by atoms with Crippen molar-refractivity contribution >= 4 is 17.6 Å². The second-order valence-corrected chi connectivity index (χ2v) is 4.38. The predicted octanol–water partition coefficient (Wildman–Crippen LogP) is 3.90. The molecular weight excluding hydrogens is 262 g/mol. The smallest absolute Gasteiger partial charge is 0.336 e. The molecule has 2 aromatic carbocycles. The lowest BCUT2D eigenvalue weighted by atomic mass is 10.0. The first-order chi connectivity index (χ1) is 9.47. The van der Waals surface area contributed by atoms with Gasteiger partial charge in [-0.05, 0) is 47.9 Å². The number of hydrogen-bond donors (Lipinski definition) is 1. The number of hydrogen-bond acceptors (Lipinski definition) is 1. The summed E-state index contributed by atoms with van der Waals surface area (Å²) in [4.78, 5) is 11.3. The standard InChI is InChI=1S/C16H12F2O2/c1-10-5-6-12(9-15(10)18)14(16(19)20)8-11-3-2-4-13(17)7-11/h2-9H,1H3,(H,19,20)/b14-8-. The minimum absolute atomic E-state index is 0.0884. The van der Waals surface area contributed by atoms with Crippen molar-refractivity contribution in [2.24, 2.45) is 0 Å². The maximum atomic E-state index is 13.5. The van der Waals surface area contributed by atoms with E-state index in [1.54, 1.807) is 13.0 Å². The summed E-state index contributed by atoms with van der Waals surface area (Å²) in [5.41, 5.74) is 0.993. The van der Waals surface area contributed by atoms with E-state index in [-0.39, 0.29) is 11.1 Å². The summed E-state index contributed by atoms with van der Waals surface area (Å²) >= 11 is 0. The molecule has 1 N–H and O–H groups in total. The summed E-state index contributed by atoms with van der Waals surface area (Å²) < 4.78 is 26.6. The topological polar surface area (TPSA) is 37.3 Å². The highest BCUT2D eigenvalue weighted by Crippen LogP contribution is 2.21. The highest BCUT2D eigenvalue weighted by atomic mass is 19.1. The molecule has 0 saturated carbocycles. The first kappa shape index (κ1) is 13.9. The number of rotatable bonds is 3. The van der Waals surface area contributed by atoms with E-state index in [1.165, 1.54) is 36.4 Å². The Morgan fingerprint density at radius 2 is 1.90 bits per heavy atom. The molecule has 0 heterocycles. The zero-order valence-electron chi connectivity index (χ0n) is 10.7. The van der Waals surface area contributed by atoms with Gasteiger partial charge in [-0.25, -0.2) is 13.6 Å². The molecule has 2 rings (SSSR count). The summed E-state index contributed by atoms with van der Waals surface area (Å²) in [6.07, 6.45) is 1.32. The molecule has 20 heavy (non-hydrogen) atoms. The van der Waals surface area contributed by atoms with Gasteiger partial charge in [-0.1, -0.05) is 24.3 Å². The minimum atomic E-state index is -1.20. The van der Waals surface area contributed by atoms with Gasteiger partial charge < -0.3 is 5.11 Å². The maximum Gasteiger partial charge on any atom is 0.336 e. The van der Waals surface area contributed by atoms with Crippen LogP contribution < -0.4 is 0 Å². The molecule has 0 amide bonds. The first-order valence-electron chi connectivity index (χ1n) is 5.94. The van der Waals surface area contributed by atoms with E-state index in [1.807, 2.05) is 0 Å². The van der Waals surface area contributed by atoms with Crippen LogP contribution >= 0.6 is 0 Å². The second-order valence-electron chi connectivity index (χ2n) is 4.38. The number of carboxylic acid groups (broad SMARTS) is 1. The number of carboxylic acids is 1. The van der Waals surface area contributed by atoms with Crippen molar-refractivity contribution in [1.82, 2.24) is 0 Å². The van der Waals surface area contributed by atoms with Crippen molar-refractivity contribution in [2.75, 3.05) is 0 Å². The van der Waals surface area contributed by atoms with E-state index >= 15 is 0 Å². The fourth-order valence-corrected chi connectivity index (χ4v) is 1.79. The normalized spacial score (nSPS) is 11.4. The Kier molecular flexibility index (Phi) is 3.94. The van der Waals surface area contributed by atoms with Crippen molar-refractivity contribution in [2.45, 2.75) is 6.92 Å². The van der Waals surface area contributed by atoms with Crippen LogP contribution in [0.5, 0.6) is 0 Å². The molecule has 0 spiro atoms. The molecule has 0 atom stereocenters. The molecule has 0 fully saturated rings. The van der Waals surface area contributed by atoms with Gasteiger partial charge in [-0.2, -0.15) is 0 Å². The van der Waals surface area contributed by atoms with Gasteiger partial charge >= 0.3 is 5.97 Å². The molecule has 0 radical (unpaired) electrons. The van der Waals surface area contributed by atoms with Crippen molar-refractivity contribution in [3.05, 3.63) is 70.8 Å². The molecule has 0 saturated heterocycles. The van der Waals surface area contributed by atoms with Gasteiger partial charge in [-0.15, -0.1) is 0 Å². The van der Waals surface area contributed by atoms with Crippen molar-refractivity contribution in [1.29, 1.82) is 0 Å². The van der Waals surface area contributed by atoms with E-state index in [0.29, 0.717) is 11.1 Å². The molecule has 0 aliphatic rings. The fourth-order valence-electron chi connectivity index (χ4n) is 1.79. The van der Waals surface area contributed by atoms with Crippen LogP contribution in [0.4, 0.5) is 8.78 Å². The SMILES string of the molecule is Cc1ccc(/C(=C/c2cccc(F)c2)C(=O)O)cc1F. The zero-order valence-corrected chi connectivity index (χ0v) is 10.7. The highest BCUT2D eigenvalue weighted by molar-refractivity contribution is 6.20. The molecule has 0 aliphatic carbocycles. The lowest BCUT2D eigenvalue weighted by molar-refractivity contribution is -0.130. The third-order valence-corrected chi connectivity index (χ3v) is 2.87. The van der Waals surface area contributed by atoms with E-state index in [9.17, 15) is 18.7 Å². The minimum Gasteiger partial charge on any atom is -0.478 e. The van der Waals surface area contributed by atoms with E-state index < -0.39 is 17.6 Å². The average molecular weight is 274 g/mol. The van der Waals surface area contributed by atoms with E-state index in [2.05, 4.69) is 0 Å². The second kappa shape index (κ2) is 5.65. The van der Waals surface area contributed by atoms with Crippen LogP contribution in [0.15, 0.2) is 42.5 Å². The Morgan fingerprint density at radius 3 is 2.50 bits per heavy atom. The third kappa shape index (κ3) is 3.09. The van der Waals surface area contributed by atoms with Gasteiger partial charge in [0.2, 0.25) is 0 Å². The van der Waals surface area contributed by atoms with Gasteiger partial charge in [0, 0.05) is 0 Å². The number of aryl methyl sites for hydroxylation is 1. The Hall–Kier alpha value is -2.49. The van der Waals surface area contributed by atoms with Gasteiger partial charge in [0.1, 0.15) is 11.6 Å². The number of aliphatic carboxylic acids is 1. The van der Waals surface area contributed by atoms with Gasteiger partial charge in [0.05, 0.1) is 5.57 Å². The van der Waals surface area contributed by atoms with Crippen LogP contribution in [0.25, 0.3) is 11.6 Å². The van der Waals surface area contributed by atoms with Crippen molar-refractivity contribution in [3.8, 4) is 0 Å². The Labute approximate surface area is 115 Å². The molecule has 102 valence electrons. The predicted molar refractivity (Wildman–Crippen MR) is 73.0 cm³/mol. The summed E-state index contributed by atoms with van der Waals surface area (Å²) in [7, 11) is 0. The summed E-state index contributed by atoms with van der Waals surface area (Å²) in [6, 6.07) is 9.74. The van der Waals surface area contributed by atoms with Crippen molar-refractivity contribution < 1.29 is 18.7 Å². The van der Waals surface area contributed by atoms with Crippen LogP contribution in [0.1, 0.15) is 16.7 Å². The molecule has 0 bridgehead atoms.